The summed E-state index contributed by atoms with van der Waals surface area (Å²) in [4.78, 5) is 13.0. The zero-order valence-electron chi connectivity index (χ0n) is 15.4. The van der Waals surface area contributed by atoms with Crippen LogP contribution < -0.4 is 10.1 Å². The number of nitrogens with zero attached hydrogens (tertiary/aromatic N) is 1. The van der Waals surface area contributed by atoms with Crippen molar-refractivity contribution in [2.24, 2.45) is 5.92 Å². The Balaban J connectivity index is 2.19. The highest BCUT2D eigenvalue weighted by Gasteiger charge is 2.42. The monoisotopic (exact) mass is 344 g/mol. The third kappa shape index (κ3) is 4.73. The minimum atomic E-state index is -0.765. The summed E-state index contributed by atoms with van der Waals surface area (Å²) >= 11 is 0. The van der Waals surface area contributed by atoms with Crippen molar-refractivity contribution in [1.82, 2.24) is 0 Å². The molecule has 1 amide bonds. The highest BCUT2D eigenvalue weighted by atomic mass is 16.5. The molecule has 2 unspecified atom stereocenters. The molecule has 2 rings (SSSR count). The number of nitriles is 1. The molecular weight excluding hydrogens is 316 g/mol. The molecule has 25 heavy (non-hydrogen) atoms. The number of amides is 1. The number of rotatable bonds is 7. The van der Waals surface area contributed by atoms with Crippen molar-refractivity contribution in [2.75, 3.05) is 18.5 Å². The molecule has 1 fully saturated rings. The van der Waals surface area contributed by atoms with Gasteiger partial charge in [0.1, 0.15) is 17.4 Å². The van der Waals surface area contributed by atoms with Crippen molar-refractivity contribution in [3.8, 4) is 11.8 Å². The summed E-state index contributed by atoms with van der Waals surface area (Å²) in [5, 5.41) is 12.2. The van der Waals surface area contributed by atoms with E-state index >= 15 is 0 Å². The van der Waals surface area contributed by atoms with E-state index < -0.39 is 5.60 Å². The summed E-state index contributed by atoms with van der Waals surface area (Å²) in [6.45, 7) is 7.15. The molecule has 1 aliphatic carbocycles. The summed E-state index contributed by atoms with van der Waals surface area (Å²) in [5.74, 6) is 0.887. The molecule has 0 radical (unpaired) electrons. The number of carbonyl (C=O) groups excluding carboxylic acids is 1. The highest BCUT2D eigenvalue weighted by Crippen LogP contribution is 2.36. The Hall–Kier alpha value is -2.06. The van der Waals surface area contributed by atoms with E-state index in [1.807, 2.05) is 13.8 Å². The minimum Gasteiger partial charge on any atom is -0.492 e. The Bertz CT molecular complexity index is 638. The van der Waals surface area contributed by atoms with Gasteiger partial charge in [0.2, 0.25) is 0 Å². The maximum absolute atomic E-state index is 13.0. The summed E-state index contributed by atoms with van der Waals surface area (Å²) in [6.07, 6.45) is 4.48. The van der Waals surface area contributed by atoms with E-state index in [1.165, 1.54) is 0 Å². The second-order valence-electron chi connectivity index (χ2n) is 6.75. The molecule has 1 aromatic carbocycles. The van der Waals surface area contributed by atoms with Gasteiger partial charge in [-0.05, 0) is 56.7 Å². The van der Waals surface area contributed by atoms with Crippen LogP contribution in [-0.2, 0) is 9.53 Å². The molecule has 0 heterocycles. The number of benzene rings is 1. The Morgan fingerprint density at radius 3 is 2.88 bits per heavy atom. The molecule has 136 valence electrons. The molecule has 1 saturated carbocycles. The van der Waals surface area contributed by atoms with Gasteiger partial charge in [-0.25, -0.2) is 0 Å². The normalized spacial score (nSPS) is 22.9. The maximum Gasteiger partial charge on any atom is 0.256 e. The molecule has 0 aliphatic heterocycles. The third-order valence-corrected chi connectivity index (χ3v) is 4.61. The fourth-order valence-electron chi connectivity index (χ4n) is 3.42. The molecule has 1 aromatic rings. The second kappa shape index (κ2) is 8.87. The number of carbonyl (C=O) groups is 1. The van der Waals surface area contributed by atoms with Gasteiger partial charge >= 0.3 is 0 Å². The van der Waals surface area contributed by atoms with E-state index in [-0.39, 0.29) is 5.91 Å². The van der Waals surface area contributed by atoms with Gasteiger partial charge in [0.15, 0.2) is 0 Å². The predicted molar refractivity (Wildman–Crippen MR) is 97.6 cm³/mol. The van der Waals surface area contributed by atoms with Gasteiger partial charge in [-0.15, -0.1) is 0 Å². The zero-order valence-corrected chi connectivity index (χ0v) is 15.4. The van der Waals surface area contributed by atoms with Crippen LogP contribution in [0.2, 0.25) is 0 Å². The zero-order chi connectivity index (χ0) is 18.3. The fraction of sp³-hybridized carbons (Fsp3) is 0.600. The van der Waals surface area contributed by atoms with E-state index in [9.17, 15) is 10.1 Å². The first-order valence-corrected chi connectivity index (χ1v) is 9.17. The summed E-state index contributed by atoms with van der Waals surface area (Å²) in [7, 11) is 0. The topological polar surface area (TPSA) is 71.3 Å². The molecule has 0 bridgehead atoms. The standard InChI is InChI=1S/C20H28N2O3/c1-4-11-25-20(10-6-7-15(3)13-20)19(23)22-17-8-9-18(24-5-2)16(12-17)14-21/h8-9,12,15H,4-7,10-11,13H2,1-3H3,(H,22,23). The number of hydrogen-bond donors (Lipinski definition) is 1. The van der Waals surface area contributed by atoms with Gasteiger partial charge in [-0.1, -0.05) is 20.3 Å². The molecular formula is C20H28N2O3. The molecule has 0 aromatic heterocycles. The van der Waals surface area contributed by atoms with Crippen LogP contribution in [0.4, 0.5) is 5.69 Å². The third-order valence-electron chi connectivity index (χ3n) is 4.61. The lowest BCUT2D eigenvalue weighted by Crippen LogP contribution is -2.48. The van der Waals surface area contributed by atoms with Crippen LogP contribution in [0.25, 0.3) is 0 Å². The van der Waals surface area contributed by atoms with Gasteiger partial charge in [0.05, 0.1) is 12.2 Å². The first kappa shape index (κ1) is 19.3. The van der Waals surface area contributed by atoms with Gasteiger partial charge < -0.3 is 14.8 Å². The van der Waals surface area contributed by atoms with Crippen molar-refractivity contribution in [2.45, 2.75) is 58.5 Å². The quantitative estimate of drug-likeness (QED) is 0.802. The molecule has 2 atom stereocenters. The molecule has 5 nitrogen and oxygen atoms in total. The second-order valence-corrected chi connectivity index (χ2v) is 6.75. The van der Waals surface area contributed by atoms with Crippen LogP contribution in [0.15, 0.2) is 18.2 Å². The van der Waals surface area contributed by atoms with E-state index in [0.717, 1.165) is 32.1 Å². The van der Waals surface area contributed by atoms with E-state index in [1.54, 1.807) is 18.2 Å². The molecule has 1 N–H and O–H groups in total. The average molecular weight is 344 g/mol. The highest BCUT2D eigenvalue weighted by molar-refractivity contribution is 5.97. The largest absolute Gasteiger partial charge is 0.492 e. The number of ether oxygens (including phenoxy) is 2. The molecule has 0 spiro atoms. The first-order valence-electron chi connectivity index (χ1n) is 9.17. The van der Waals surface area contributed by atoms with Crippen LogP contribution in [0.3, 0.4) is 0 Å². The Morgan fingerprint density at radius 1 is 1.44 bits per heavy atom. The molecule has 1 aliphatic rings. The van der Waals surface area contributed by atoms with Crippen molar-refractivity contribution in [3.05, 3.63) is 23.8 Å². The van der Waals surface area contributed by atoms with E-state index in [4.69, 9.17) is 9.47 Å². The lowest BCUT2D eigenvalue weighted by Gasteiger charge is -2.38. The van der Waals surface area contributed by atoms with Crippen molar-refractivity contribution >= 4 is 11.6 Å². The Labute approximate surface area is 150 Å². The number of nitrogens with one attached hydrogen (secondary N) is 1. The van der Waals surface area contributed by atoms with E-state index in [2.05, 4.69) is 18.3 Å². The van der Waals surface area contributed by atoms with Crippen LogP contribution in [-0.4, -0.2) is 24.7 Å². The van der Waals surface area contributed by atoms with E-state index in [0.29, 0.717) is 36.1 Å². The first-order chi connectivity index (χ1) is 12.0. The minimum absolute atomic E-state index is 0.111. The Morgan fingerprint density at radius 2 is 2.24 bits per heavy atom. The van der Waals surface area contributed by atoms with Crippen LogP contribution >= 0.6 is 0 Å². The van der Waals surface area contributed by atoms with Crippen LogP contribution in [0.1, 0.15) is 58.4 Å². The van der Waals surface area contributed by atoms with Gasteiger partial charge in [-0.3, -0.25) is 4.79 Å². The van der Waals surface area contributed by atoms with Crippen LogP contribution in [0.5, 0.6) is 5.75 Å². The predicted octanol–water partition coefficient (Wildman–Crippen LogP) is 4.27. The van der Waals surface area contributed by atoms with Gasteiger partial charge in [0, 0.05) is 12.3 Å². The summed E-state index contributed by atoms with van der Waals surface area (Å²) < 4.78 is 11.5. The van der Waals surface area contributed by atoms with Crippen molar-refractivity contribution in [1.29, 1.82) is 5.26 Å². The maximum atomic E-state index is 13.0. The van der Waals surface area contributed by atoms with Crippen LogP contribution in [0, 0.1) is 17.2 Å². The lowest BCUT2D eigenvalue weighted by atomic mass is 9.78. The SMILES string of the molecule is CCCOC1(C(=O)Nc2ccc(OCC)c(C#N)c2)CCCC(C)C1. The fourth-order valence-corrected chi connectivity index (χ4v) is 3.42. The van der Waals surface area contributed by atoms with Gasteiger partial charge in [-0.2, -0.15) is 5.26 Å². The van der Waals surface area contributed by atoms with Crippen molar-refractivity contribution in [3.63, 3.8) is 0 Å². The Kier molecular flexibility index (Phi) is 6.83. The number of anilines is 1. The molecule has 5 heteroatoms. The summed E-state index contributed by atoms with van der Waals surface area (Å²) in [5.41, 5.74) is 0.252. The average Bonchev–Trinajstić information content (AvgIpc) is 2.61. The van der Waals surface area contributed by atoms with Gasteiger partial charge in [0.25, 0.3) is 5.91 Å². The summed E-state index contributed by atoms with van der Waals surface area (Å²) in [6, 6.07) is 7.26. The smallest absolute Gasteiger partial charge is 0.256 e. The van der Waals surface area contributed by atoms with Crippen molar-refractivity contribution < 1.29 is 14.3 Å². The number of hydrogen-bond acceptors (Lipinski definition) is 4. The molecule has 0 saturated heterocycles. The lowest BCUT2D eigenvalue weighted by molar-refractivity contribution is -0.148.